The smallest absolute Gasteiger partial charge is 0.0930 e. The number of nitrogens with zero attached hydrogens (tertiary/aromatic N) is 2. The summed E-state index contributed by atoms with van der Waals surface area (Å²) >= 11 is 1.91. The van der Waals surface area contributed by atoms with Gasteiger partial charge < -0.3 is 10.2 Å². The zero-order valence-corrected chi connectivity index (χ0v) is 14.2. The number of hydrogen-bond acceptors (Lipinski definition) is 4. The minimum absolute atomic E-state index is 0.536. The van der Waals surface area contributed by atoms with Crippen LogP contribution in [-0.4, -0.2) is 42.1 Å². The van der Waals surface area contributed by atoms with Crippen molar-refractivity contribution in [2.45, 2.75) is 58.5 Å². The van der Waals surface area contributed by atoms with Crippen molar-refractivity contribution in [3.8, 4) is 0 Å². The van der Waals surface area contributed by atoms with Crippen LogP contribution in [0, 0.1) is 5.92 Å². The number of likely N-dealkylation sites (N-methyl/N-ethyl adjacent to an activating group) is 1. The summed E-state index contributed by atoms with van der Waals surface area (Å²) in [6.07, 6.45) is 7.05. The highest BCUT2D eigenvalue weighted by Crippen LogP contribution is 2.24. The summed E-state index contributed by atoms with van der Waals surface area (Å²) in [6.45, 7) is 9.36. The standard InChI is InChI=1S/C16H29N3S/c1-12(2)19-7-5-6-14(11-19)9-16-18-10-15(20-16)8-13(3)17-4/h10,12-14,17H,5-9,11H2,1-4H3. The highest BCUT2D eigenvalue weighted by atomic mass is 32.1. The van der Waals surface area contributed by atoms with Gasteiger partial charge in [0.25, 0.3) is 0 Å². The highest BCUT2D eigenvalue weighted by Gasteiger charge is 2.22. The molecule has 2 heterocycles. The Balaban J connectivity index is 1.86. The average molecular weight is 295 g/mol. The van der Waals surface area contributed by atoms with Gasteiger partial charge in [-0.3, -0.25) is 0 Å². The van der Waals surface area contributed by atoms with Gasteiger partial charge in [0, 0.05) is 36.1 Å². The van der Waals surface area contributed by atoms with Gasteiger partial charge in [-0.15, -0.1) is 11.3 Å². The molecular formula is C16H29N3S. The fourth-order valence-corrected chi connectivity index (χ4v) is 4.09. The summed E-state index contributed by atoms with van der Waals surface area (Å²) in [5, 5.41) is 4.63. The molecule has 2 unspecified atom stereocenters. The maximum Gasteiger partial charge on any atom is 0.0930 e. The normalized spacial score (nSPS) is 22.4. The molecule has 0 saturated carbocycles. The van der Waals surface area contributed by atoms with E-state index >= 15 is 0 Å². The maximum absolute atomic E-state index is 4.64. The second-order valence-electron chi connectivity index (χ2n) is 6.42. The topological polar surface area (TPSA) is 28.2 Å². The van der Waals surface area contributed by atoms with Crippen LogP contribution in [-0.2, 0) is 12.8 Å². The summed E-state index contributed by atoms with van der Waals surface area (Å²) in [7, 11) is 2.02. The predicted molar refractivity (Wildman–Crippen MR) is 87.5 cm³/mol. The van der Waals surface area contributed by atoms with Crippen LogP contribution in [0.3, 0.4) is 0 Å². The molecule has 0 radical (unpaired) electrons. The Bertz CT molecular complexity index is 402. The number of aromatic nitrogens is 1. The molecule has 0 bridgehead atoms. The van der Waals surface area contributed by atoms with E-state index in [9.17, 15) is 0 Å². The van der Waals surface area contributed by atoms with Gasteiger partial charge in [0.05, 0.1) is 5.01 Å². The molecule has 114 valence electrons. The van der Waals surface area contributed by atoms with Crippen molar-refractivity contribution >= 4 is 11.3 Å². The number of piperidine rings is 1. The summed E-state index contributed by atoms with van der Waals surface area (Å²) in [6, 6.07) is 1.22. The largest absolute Gasteiger partial charge is 0.317 e. The Hall–Kier alpha value is -0.450. The lowest BCUT2D eigenvalue weighted by atomic mass is 9.94. The van der Waals surface area contributed by atoms with Crippen LogP contribution in [0.5, 0.6) is 0 Å². The van der Waals surface area contributed by atoms with E-state index in [1.54, 1.807) is 0 Å². The van der Waals surface area contributed by atoms with Crippen molar-refractivity contribution in [3.63, 3.8) is 0 Å². The summed E-state index contributed by atoms with van der Waals surface area (Å²) in [5.74, 6) is 0.798. The number of nitrogens with one attached hydrogen (secondary N) is 1. The van der Waals surface area contributed by atoms with E-state index in [4.69, 9.17) is 0 Å². The van der Waals surface area contributed by atoms with E-state index in [0.717, 1.165) is 12.3 Å². The van der Waals surface area contributed by atoms with Crippen molar-refractivity contribution in [1.82, 2.24) is 15.2 Å². The Kier molecular flexibility index (Phi) is 6.00. The maximum atomic E-state index is 4.64. The molecular weight excluding hydrogens is 266 g/mol. The van der Waals surface area contributed by atoms with E-state index in [1.165, 1.54) is 42.2 Å². The fourth-order valence-electron chi connectivity index (χ4n) is 2.92. The first-order valence-electron chi connectivity index (χ1n) is 7.93. The summed E-state index contributed by atoms with van der Waals surface area (Å²) in [5.41, 5.74) is 0. The fraction of sp³-hybridized carbons (Fsp3) is 0.812. The van der Waals surface area contributed by atoms with Gasteiger partial charge in [0.2, 0.25) is 0 Å². The second-order valence-corrected chi connectivity index (χ2v) is 7.61. The summed E-state index contributed by atoms with van der Waals surface area (Å²) in [4.78, 5) is 8.67. The molecule has 1 aromatic heterocycles. The van der Waals surface area contributed by atoms with Crippen molar-refractivity contribution in [2.75, 3.05) is 20.1 Å². The number of likely N-dealkylation sites (tertiary alicyclic amines) is 1. The molecule has 0 amide bonds. The van der Waals surface area contributed by atoms with Crippen LogP contribution in [0.1, 0.15) is 43.5 Å². The molecule has 0 aliphatic carbocycles. The second kappa shape index (κ2) is 7.53. The van der Waals surface area contributed by atoms with Crippen LogP contribution >= 0.6 is 11.3 Å². The van der Waals surface area contributed by atoms with Gasteiger partial charge in [-0.25, -0.2) is 4.98 Å². The molecule has 1 aliphatic rings. The Morgan fingerprint density at radius 1 is 1.45 bits per heavy atom. The lowest BCUT2D eigenvalue weighted by molar-refractivity contribution is 0.139. The van der Waals surface area contributed by atoms with Crippen LogP contribution < -0.4 is 5.32 Å². The van der Waals surface area contributed by atoms with Crippen LogP contribution in [0.25, 0.3) is 0 Å². The lowest BCUT2D eigenvalue weighted by Gasteiger charge is -2.35. The average Bonchev–Trinajstić information content (AvgIpc) is 2.86. The van der Waals surface area contributed by atoms with Crippen molar-refractivity contribution < 1.29 is 0 Å². The van der Waals surface area contributed by atoms with E-state index in [-0.39, 0.29) is 0 Å². The first kappa shape index (κ1) is 15.9. The van der Waals surface area contributed by atoms with Gasteiger partial charge in [-0.2, -0.15) is 0 Å². The van der Waals surface area contributed by atoms with Gasteiger partial charge in [-0.05, 0) is 59.5 Å². The third-order valence-corrected chi connectivity index (χ3v) is 5.39. The number of hydrogen-bond donors (Lipinski definition) is 1. The van der Waals surface area contributed by atoms with E-state index in [2.05, 4.69) is 42.2 Å². The van der Waals surface area contributed by atoms with Gasteiger partial charge in [0.15, 0.2) is 0 Å². The van der Waals surface area contributed by atoms with E-state index < -0.39 is 0 Å². The predicted octanol–water partition coefficient (Wildman–Crippen LogP) is 2.96. The third-order valence-electron chi connectivity index (χ3n) is 4.35. The van der Waals surface area contributed by atoms with Gasteiger partial charge in [-0.1, -0.05) is 0 Å². The minimum atomic E-state index is 0.536. The molecule has 1 aromatic rings. The molecule has 2 atom stereocenters. The molecule has 0 aromatic carbocycles. The van der Waals surface area contributed by atoms with Crippen molar-refractivity contribution in [2.24, 2.45) is 5.92 Å². The molecule has 1 aliphatic heterocycles. The molecule has 2 rings (SSSR count). The Labute approximate surface area is 127 Å². The minimum Gasteiger partial charge on any atom is -0.317 e. The monoisotopic (exact) mass is 295 g/mol. The van der Waals surface area contributed by atoms with Crippen LogP contribution in [0.15, 0.2) is 6.20 Å². The Morgan fingerprint density at radius 3 is 2.95 bits per heavy atom. The lowest BCUT2D eigenvalue weighted by Crippen LogP contribution is -2.40. The van der Waals surface area contributed by atoms with E-state index in [0.29, 0.717) is 12.1 Å². The molecule has 20 heavy (non-hydrogen) atoms. The molecule has 4 heteroatoms. The van der Waals surface area contributed by atoms with Crippen LogP contribution in [0.4, 0.5) is 0 Å². The zero-order valence-electron chi connectivity index (χ0n) is 13.4. The molecule has 3 nitrogen and oxygen atoms in total. The number of thiazole rings is 1. The van der Waals surface area contributed by atoms with Gasteiger partial charge >= 0.3 is 0 Å². The molecule has 1 N–H and O–H groups in total. The molecule has 1 fully saturated rings. The van der Waals surface area contributed by atoms with E-state index in [1.807, 2.05) is 18.4 Å². The SMILES string of the molecule is CNC(C)Cc1cnc(CC2CCCN(C(C)C)C2)s1. The highest BCUT2D eigenvalue weighted by molar-refractivity contribution is 7.11. The molecule has 1 saturated heterocycles. The number of rotatable bonds is 6. The van der Waals surface area contributed by atoms with Gasteiger partial charge in [0.1, 0.15) is 0 Å². The zero-order chi connectivity index (χ0) is 14.5. The van der Waals surface area contributed by atoms with Crippen molar-refractivity contribution in [1.29, 1.82) is 0 Å². The van der Waals surface area contributed by atoms with Crippen LogP contribution in [0.2, 0.25) is 0 Å². The quantitative estimate of drug-likeness (QED) is 0.874. The third kappa shape index (κ3) is 4.54. The molecule has 0 spiro atoms. The Morgan fingerprint density at radius 2 is 2.25 bits per heavy atom. The summed E-state index contributed by atoms with van der Waals surface area (Å²) < 4.78 is 0. The first-order chi connectivity index (χ1) is 9.58. The first-order valence-corrected chi connectivity index (χ1v) is 8.75. The van der Waals surface area contributed by atoms with Crippen molar-refractivity contribution in [3.05, 3.63) is 16.1 Å².